The molecule has 3 atom stereocenters. The summed E-state index contributed by atoms with van der Waals surface area (Å²) in [7, 11) is 0. The number of carbonyl (C=O) groups is 1. The number of primary amides is 1. The van der Waals surface area contributed by atoms with E-state index in [-0.39, 0.29) is 33.9 Å². The van der Waals surface area contributed by atoms with Crippen molar-refractivity contribution in [2.24, 2.45) is 5.73 Å². The molecule has 0 aliphatic carbocycles. The van der Waals surface area contributed by atoms with Crippen LogP contribution in [0.5, 0.6) is 5.75 Å². The Balaban J connectivity index is 1.56. The highest BCUT2D eigenvalue weighted by Gasteiger charge is 2.35. The first kappa shape index (κ1) is 22.3. The number of carbonyl (C=O) groups excluding carboxylic acids is 1. The highest BCUT2D eigenvalue weighted by molar-refractivity contribution is 6.36. The lowest BCUT2D eigenvalue weighted by atomic mass is 10.1. The maximum Gasteiger partial charge on any atom is 0.234 e. The Kier molecular flexibility index (Phi) is 6.23. The number of nitrogen functional groups attached to an aromatic ring is 1. The second-order valence-electron chi connectivity index (χ2n) is 7.64. The molecule has 4 rings (SSSR count). The highest BCUT2D eigenvalue weighted by Crippen LogP contribution is 2.36. The Morgan fingerprint density at radius 1 is 1.38 bits per heavy atom. The SMILES string of the molecule is CC(Oc1cc(-c2c[nH][n+](C3CNC(C(N)=O)C3)c2)cnc1N)c1c(Cl)ccc(F)c1Cl. The third-order valence-corrected chi connectivity index (χ3v) is 6.21. The van der Waals surface area contributed by atoms with E-state index in [4.69, 9.17) is 39.4 Å². The number of anilines is 1. The third-order valence-electron chi connectivity index (χ3n) is 5.50. The van der Waals surface area contributed by atoms with E-state index in [1.54, 1.807) is 19.2 Å². The van der Waals surface area contributed by atoms with Crippen LogP contribution in [0.1, 0.15) is 31.1 Å². The molecular formula is C21H22Cl2FN6O2+. The molecule has 0 saturated carbocycles. The first-order valence-electron chi connectivity index (χ1n) is 9.92. The molecule has 0 radical (unpaired) electrons. The van der Waals surface area contributed by atoms with Crippen LogP contribution in [0.4, 0.5) is 10.2 Å². The minimum atomic E-state index is -0.670. The molecule has 0 spiro atoms. The van der Waals surface area contributed by atoms with E-state index >= 15 is 0 Å². The van der Waals surface area contributed by atoms with Crippen molar-refractivity contribution in [1.29, 1.82) is 0 Å². The van der Waals surface area contributed by atoms with Crippen LogP contribution < -0.4 is 26.2 Å². The summed E-state index contributed by atoms with van der Waals surface area (Å²) < 4.78 is 21.8. The normalized spacial score (nSPS) is 19.1. The Labute approximate surface area is 193 Å². The van der Waals surface area contributed by atoms with Crippen molar-refractivity contribution in [3.8, 4) is 16.9 Å². The number of aromatic amines is 1. The van der Waals surface area contributed by atoms with Gasteiger partial charge in [0, 0.05) is 28.8 Å². The van der Waals surface area contributed by atoms with Gasteiger partial charge < -0.3 is 16.2 Å². The number of hydrogen-bond acceptors (Lipinski definition) is 5. The predicted molar refractivity (Wildman–Crippen MR) is 119 cm³/mol. The van der Waals surface area contributed by atoms with E-state index in [9.17, 15) is 9.18 Å². The molecule has 6 N–H and O–H groups in total. The average molecular weight is 480 g/mol. The quantitative estimate of drug-likeness (QED) is 0.319. The van der Waals surface area contributed by atoms with Gasteiger partial charge in [0.1, 0.15) is 11.9 Å². The zero-order chi connectivity index (χ0) is 23.0. The smallest absolute Gasteiger partial charge is 0.234 e. The second kappa shape index (κ2) is 8.93. The monoisotopic (exact) mass is 479 g/mol. The van der Waals surface area contributed by atoms with Crippen LogP contribution in [0.2, 0.25) is 10.0 Å². The number of hydrogen-bond donors (Lipinski definition) is 4. The molecule has 1 saturated heterocycles. The molecule has 1 aromatic carbocycles. The Morgan fingerprint density at radius 2 is 2.16 bits per heavy atom. The second-order valence-corrected chi connectivity index (χ2v) is 8.43. The lowest BCUT2D eigenvalue weighted by Crippen LogP contribution is -2.41. The van der Waals surface area contributed by atoms with Gasteiger partial charge in [0.25, 0.3) is 0 Å². The highest BCUT2D eigenvalue weighted by atomic mass is 35.5. The Bertz CT molecular complexity index is 1170. The summed E-state index contributed by atoms with van der Waals surface area (Å²) in [6.45, 7) is 2.32. The van der Waals surface area contributed by atoms with Gasteiger partial charge in [-0.15, -0.1) is 4.68 Å². The number of aromatic nitrogens is 3. The van der Waals surface area contributed by atoms with Gasteiger partial charge >= 0.3 is 0 Å². The number of H-pyrrole nitrogens is 1. The Hall–Kier alpha value is -2.88. The predicted octanol–water partition coefficient (Wildman–Crippen LogP) is 2.92. The minimum Gasteiger partial charge on any atom is -0.482 e. The van der Waals surface area contributed by atoms with E-state index in [0.29, 0.717) is 24.3 Å². The molecule has 1 fully saturated rings. The van der Waals surface area contributed by atoms with Gasteiger partial charge in [0.15, 0.2) is 17.6 Å². The molecule has 168 valence electrons. The number of pyridine rings is 1. The molecule has 11 heteroatoms. The topological polar surface area (TPSA) is 123 Å². The third kappa shape index (κ3) is 4.36. The van der Waals surface area contributed by atoms with Gasteiger partial charge in [0.05, 0.1) is 29.4 Å². The van der Waals surface area contributed by atoms with Crippen molar-refractivity contribution in [1.82, 2.24) is 15.4 Å². The molecule has 8 nitrogen and oxygen atoms in total. The van der Waals surface area contributed by atoms with Crippen LogP contribution in [0.3, 0.4) is 0 Å². The molecule has 3 heterocycles. The summed E-state index contributed by atoms with van der Waals surface area (Å²) in [5.41, 5.74) is 13.3. The first-order valence-corrected chi connectivity index (χ1v) is 10.7. The molecule has 3 aromatic rings. The van der Waals surface area contributed by atoms with Crippen molar-refractivity contribution in [2.45, 2.75) is 31.5 Å². The van der Waals surface area contributed by atoms with Crippen molar-refractivity contribution in [3.05, 3.63) is 58.2 Å². The first-order chi connectivity index (χ1) is 15.2. The van der Waals surface area contributed by atoms with Crippen molar-refractivity contribution in [3.63, 3.8) is 0 Å². The van der Waals surface area contributed by atoms with Crippen LogP contribution in [-0.4, -0.2) is 28.6 Å². The number of nitrogens with one attached hydrogen (secondary N) is 2. The summed E-state index contributed by atoms with van der Waals surface area (Å²) >= 11 is 12.3. The molecule has 1 aliphatic rings. The van der Waals surface area contributed by atoms with Gasteiger partial charge in [-0.05, 0) is 25.1 Å². The lowest BCUT2D eigenvalue weighted by molar-refractivity contribution is -0.770. The van der Waals surface area contributed by atoms with Gasteiger partial charge in [-0.2, -0.15) is 5.10 Å². The molecule has 0 bridgehead atoms. The maximum atomic E-state index is 13.9. The number of nitrogens with two attached hydrogens (primary N) is 2. The van der Waals surface area contributed by atoms with Crippen LogP contribution in [0.25, 0.3) is 11.1 Å². The number of ether oxygens (including phenoxy) is 1. The summed E-state index contributed by atoms with van der Waals surface area (Å²) in [4.78, 5) is 15.6. The number of rotatable bonds is 6. The number of halogens is 3. The van der Waals surface area contributed by atoms with E-state index < -0.39 is 11.9 Å². The van der Waals surface area contributed by atoms with Gasteiger partial charge in [-0.3, -0.25) is 10.1 Å². The van der Waals surface area contributed by atoms with Crippen LogP contribution in [0, 0.1) is 5.82 Å². The standard InChI is InChI=1S/C21H21Cl2FN6O2/c1-10(18-14(22)2-3-15(24)19(18)23)32-17-4-11(6-28-20(17)25)12-7-29-30(9-12)13-5-16(21(26)31)27-8-13/h2-4,6-7,9-10,13,16,27H,5,8H2,1H3,(H4,25,26,28,31)/p+1. The largest absolute Gasteiger partial charge is 0.482 e. The summed E-state index contributed by atoms with van der Waals surface area (Å²) in [5, 5.41) is 6.47. The fourth-order valence-electron chi connectivity index (χ4n) is 3.76. The number of amides is 1. The van der Waals surface area contributed by atoms with E-state index in [1.165, 1.54) is 12.1 Å². The average Bonchev–Trinajstić information content (AvgIpc) is 3.42. The fourth-order valence-corrected chi connectivity index (χ4v) is 4.43. The number of nitrogens with zero attached hydrogens (tertiary/aromatic N) is 2. The van der Waals surface area contributed by atoms with E-state index in [2.05, 4.69) is 15.4 Å². The fraction of sp³-hybridized carbons (Fsp3) is 0.286. The summed E-state index contributed by atoms with van der Waals surface area (Å²) in [6, 6.07) is 4.09. The van der Waals surface area contributed by atoms with Crippen molar-refractivity contribution in [2.75, 3.05) is 12.3 Å². The summed E-state index contributed by atoms with van der Waals surface area (Å²) in [6.07, 6.45) is 5.29. The maximum absolute atomic E-state index is 13.9. The molecule has 1 amide bonds. The van der Waals surface area contributed by atoms with Gasteiger partial charge in [-0.25, -0.2) is 9.37 Å². The molecule has 1 aliphatic heterocycles. The minimum absolute atomic E-state index is 0.0657. The molecule has 32 heavy (non-hydrogen) atoms. The zero-order valence-corrected chi connectivity index (χ0v) is 18.6. The molecular weight excluding hydrogens is 458 g/mol. The van der Waals surface area contributed by atoms with Gasteiger partial charge in [0.2, 0.25) is 12.1 Å². The lowest BCUT2D eigenvalue weighted by Gasteiger charge is -2.19. The summed E-state index contributed by atoms with van der Waals surface area (Å²) in [5.74, 6) is -0.456. The van der Waals surface area contributed by atoms with E-state index in [1.807, 2.05) is 17.1 Å². The molecule has 2 aromatic heterocycles. The van der Waals surface area contributed by atoms with Crippen molar-refractivity contribution < 1.29 is 18.6 Å². The zero-order valence-electron chi connectivity index (χ0n) is 17.1. The van der Waals surface area contributed by atoms with Crippen LogP contribution in [-0.2, 0) is 4.79 Å². The van der Waals surface area contributed by atoms with Gasteiger partial charge in [-0.1, -0.05) is 23.2 Å². The number of benzene rings is 1. The van der Waals surface area contributed by atoms with Crippen molar-refractivity contribution >= 4 is 34.9 Å². The van der Waals surface area contributed by atoms with E-state index in [0.717, 1.165) is 11.1 Å². The molecule has 3 unspecified atom stereocenters. The van der Waals surface area contributed by atoms with Crippen LogP contribution in [0.15, 0.2) is 36.8 Å². The van der Waals surface area contributed by atoms with Crippen LogP contribution >= 0.6 is 23.2 Å². The Morgan fingerprint density at radius 3 is 2.88 bits per heavy atom.